The third kappa shape index (κ3) is 5.92. The van der Waals surface area contributed by atoms with Crippen LogP contribution in [-0.4, -0.2) is 34.0 Å². The number of carbonyl (C=O) groups excluding carboxylic acids is 1. The van der Waals surface area contributed by atoms with E-state index in [4.69, 9.17) is 4.74 Å². The second-order valence-electron chi connectivity index (χ2n) is 4.70. The van der Waals surface area contributed by atoms with Crippen LogP contribution in [-0.2, 0) is 4.74 Å². The molecule has 0 aliphatic rings. The van der Waals surface area contributed by atoms with Crippen LogP contribution in [0.1, 0.15) is 20.8 Å². The van der Waals surface area contributed by atoms with Gasteiger partial charge < -0.3 is 0 Å². The predicted octanol–water partition coefficient (Wildman–Crippen LogP) is 0.593. The first-order valence-electron chi connectivity index (χ1n) is 5.71. The molecule has 0 atom stereocenters. The van der Waals surface area contributed by atoms with Gasteiger partial charge in [-0.1, -0.05) is 0 Å². The Morgan fingerprint density at radius 3 is 2.83 bits per heavy atom. The van der Waals surface area contributed by atoms with Crippen LogP contribution in [0.4, 0.5) is 4.79 Å². The van der Waals surface area contributed by atoms with Gasteiger partial charge in [-0.3, -0.25) is 0 Å². The Bertz CT molecular complexity index is 405. The molecule has 99 valence electrons. The summed E-state index contributed by atoms with van der Waals surface area (Å²) in [6.45, 7) is 6.00. The summed E-state index contributed by atoms with van der Waals surface area (Å²) in [5, 5.41) is 14.8. The Morgan fingerprint density at radius 2 is 2.22 bits per heavy atom. The molecule has 0 aliphatic heterocycles. The quantitative estimate of drug-likeness (QED) is 0.383. The molecule has 1 radical (unpaired) electrons. The molecular formula is C12H18AsN2O3. The molecule has 1 N–H and O–H groups in total. The molecule has 1 aromatic heterocycles. The molecule has 1 rings (SSSR count). The molecule has 6 heteroatoms. The Balaban J connectivity index is 2.23. The Hall–Kier alpha value is -1.22. The van der Waals surface area contributed by atoms with Gasteiger partial charge in [-0.05, 0) is 0 Å². The maximum atomic E-state index is 11.4. The van der Waals surface area contributed by atoms with E-state index in [0.29, 0.717) is 6.54 Å². The van der Waals surface area contributed by atoms with E-state index in [1.165, 1.54) is 6.20 Å². The Labute approximate surface area is 114 Å². The average molecular weight is 313 g/mol. The van der Waals surface area contributed by atoms with Crippen LogP contribution in [0.15, 0.2) is 24.4 Å². The summed E-state index contributed by atoms with van der Waals surface area (Å²) in [5.74, 6) is 0. The summed E-state index contributed by atoms with van der Waals surface area (Å²) in [7, 11) is 0. The van der Waals surface area contributed by atoms with Gasteiger partial charge in [0, 0.05) is 0 Å². The van der Waals surface area contributed by atoms with Crippen molar-refractivity contribution >= 4 is 26.3 Å². The van der Waals surface area contributed by atoms with Gasteiger partial charge in [0.05, 0.1) is 0 Å². The van der Waals surface area contributed by atoms with Gasteiger partial charge in [0.2, 0.25) is 0 Å². The van der Waals surface area contributed by atoms with Crippen LogP contribution in [0.5, 0.6) is 0 Å². The first kappa shape index (κ1) is 14.8. The van der Waals surface area contributed by atoms with Crippen LogP contribution in [0.2, 0.25) is 5.21 Å². The first-order valence-corrected chi connectivity index (χ1v) is 7.97. The zero-order valence-corrected chi connectivity index (χ0v) is 12.7. The van der Waals surface area contributed by atoms with Gasteiger partial charge in [0.15, 0.2) is 0 Å². The summed E-state index contributed by atoms with van der Waals surface area (Å²) < 4.78 is 6.78. The van der Waals surface area contributed by atoms with Crippen LogP contribution in [0.25, 0.3) is 0 Å². The molecular weight excluding hydrogens is 295 g/mol. The average Bonchev–Trinajstić information content (AvgIpc) is 2.24. The Morgan fingerprint density at radius 1 is 1.50 bits per heavy atom. The van der Waals surface area contributed by atoms with Crippen LogP contribution in [0, 0.1) is 5.21 Å². The third-order valence-corrected chi connectivity index (χ3v) is 4.20. The first-order chi connectivity index (χ1) is 8.38. The molecule has 0 bridgehead atoms. The van der Waals surface area contributed by atoms with Crippen molar-refractivity contribution in [3.63, 3.8) is 0 Å². The van der Waals surface area contributed by atoms with Crippen molar-refractivity contribution in [3.05, 3.63) is 29.6 Å². The Kier molecular flexibility index (Phi) is 5.47. The summed E-state index contributed by atoms with van der Waals surface area (Å²) in [5.41, 5.74) is -0.477. The van der Waals surface area contributed by atoms with Gasteiger partial charge in [-0.2, -0.15) is 0 Å². The zero-order chi connectivity index (χ0) is 13.6. The van der Waals surface area contributed by atoms with Gasteiger partial charge in [0.1, 0.15) is 0 Å². The maximum absolute atomic E-state index is 11.4. The number of rotatable bonds is 4. The summed E-state index contributed by atoms with van der Waals surface area (Å²) in [4.78, 5) is 11.3. The topological polar surface area (TPSA) is 65.3 Å². The number of aromatic nitrogens is 1. The van der Waals surface area contributed by atoms with E-state index in [0.717, 1.165) is 14.4 Å². The SMILES string of the molecule is CC(C)(C)OC(=O)NCC[As]c1cccc[n+]1[O-]. The summed E-state index contributed by atoms with van der Waals surface area (Å²) in [6, 6.07) is 5.37. The van der Waals surface area contributed by atoms with Crippen molar-refractivity contribution in [1.29, 1.82) is 0 Å². The molecule has 0 aliphatic carbocycles. The number of ether oxygens (including phenoxy) is 1. The third-order valence-electron chi connectivity index (χ3n) is 1.86. The molecule has 0 fully saturated rings. The number of nitrogens with one attached hydrogen (secondary N) is 1. The van der Waals surface area contributed by atoms with Crippen molar-refractivity contribution in [2.75, 3.05) is 6.54 Å². The van der Waals surface area contributed by atoms with E-state index in [2.05, 4.69) is 5.32 Å². The van der Waals surface area contributed by atoms with Crippen molar-refractivity contribution in [2.45, 2.75) is 31.6 Å². The van der Waals surface area contributed by atoms with E-state index >= 15 is 0 Å². The molecule has 0 unspecified atom stereocenters. The van der Waals surface area contributed by atoms with Gasteiger partial charge >= 0.3 is 114 Å². The van der Waals surface area contributed by atoms with E-state index < -0.39 is 11.7 Å². The molecule has 0 spiro atoms. The molecule has 0 saturated heterocycles. The van der Waals surface area contributed by atoms with Crippen molar-refractivity contribution < 1.29 is 14.3 Å². The normalized spacial score (nSPS) is 11.7. The standard InChI is InChI=1S/C12H18AsN2O3/c1-12(2,3)18-11(16)14-8-7-13-10-6-4-5-9-15(10)17/h4-6,9H,7-8H2,1-3H3,(H,14,16). The molecule has 1 heterocycles. The minimum atomic E-state index is -0.477. The van der Waals surface area contributed by atoms with E-state index in [-0.39, 0.29) is 15.8 Å². The molecule has 0 saturated carbocycles. The fourth-order valence-corrected chi connectivity index (χ4v) is 2.97. The van der Waals surface area contributed by atoms with Gasteiger partial charge in [-0.15, -0.1) is 0 Å². The minimum absolute atomic E-state index is 0.232. The number of nitrogens with zero attached hydrogens (tertiary/aromatic N) is 1. The summed E-state index contributed by atoms with van der Waals surface area (Å²) >= 11 is -0.232. The second kappa shape index (κ2) is 6.64. The van der Waals surface area contributed by atoms with E-state index in [1.807, 2.05) is 32.9 Å². The van der Waals surface area contributed by atoms with Gasteiger partial charge in [0.25, 0.3) is 0 Å². The molecule has 18 heavy (non-hydrogen) atoms. The van der Waals surface area contributed by atoms with E-state index in [9.17, 15) is 10.0 Å². The number of alkyl carbamates (subject to hydrolysis) is 1. The molecule has 1 aromatic rings. The number of carbonyl (C=O) groups is 1. The van der Waals surface area contributed by atoms with Crippen LogP contribution >= 0.6 is 0 Å². The second-order valence-corrected chi connectivity index (χ2v) is 7.26. The molecule has 5 nitrogen and oxygen atoms in total. The van der Waals surface area contributed by atoms with Crippen molar-refractivity contribution in [2.24, 2.45) is 0 Å². The monoisotopic (exact) mass is 313 g/mol. The predicted molar refractivity (Wildman–Crippen MR) is 69.8 cm³/mol. The number of hydrogen-bond acceptors (Lipinski definition) is 3. The van der Waals surface area contributed by atoms with Crippen LogP contribution in [0.3, 0.4) is 0 Å². The molecule has 0 aromatic carbocycles. The van der Waals surface area contributed by atoms with Gasteiger partial charge in [-0.25, -0.2) is 0 Å². The fourth-order valence-electron chi connectivity index (χ4n) is 1.18. The molecule has 1 amide bonds. The zero-order valence-electron chi connectivity index (χ0n) is 10.8. The van der Waals surface area contributed by atoms with Crippen molar-refractivity contribution in [1.82, 2.24) is 5.32 Å². The fraction of sp³-hybridized carbons (Fsp3) is 0.500. The van der Waals surface area contributed by atoms with E-state index in [1.54, 1.807) is 6.07 Å². The summed E-state index contributed by atoms with van der Waals surface area (Å²) in [6.07, 6.45) is 1.08. The van der Waals surface area contributed by atoms with Crippen molar-refractivity contribution in [3.8, 4) is 0 Å². The number of amides is 1. The number of hydrogen-bond donors (Lipinski definition) is 1. The van der Waals surface area contributed by atoms with Crippen LogP contribution < -0.4 is 14.5 Å². The number of pyridine rings is 1.